The van der Waals surface area contributed by atoms with Crippen LogP contribution in [0.25, 0.3) is 0 Å². The first-order valence-corrected chi connectivity index (χ1v) is 5.70. The molecule has 4 nitrogen and oxygen atoms in total. The van der Waals surface area contributed by atoms with Gasteiger partial charge in [0.2, 0.25) is 5.91 Å². The van der Waals surface area contributed by atoms with Gasteiger partial charge < -0.3 is 5.32 Å². The molecule has 0 saturated carbocycles. The molecule has 1 amide bonds. The molecule has 18 heavy (non-hydrogen) atoms. The number of anilines is 1. The van der Waals surface area contributed by atoms with E-state index in [4.69, 9.17) is 0 Å². The van der Waals surface area contributed by atoms with Gasteiger partial charge in [-0.05, 0) is 18.6 Å². The third kappa shape index (κ3) is 2.85. The van der Waals surface area contributed by atoms with Gasteiger partial charge >= 0.3 is 0 Å². The van der Waals surface area contributed by atoms with Crippen molar-refractivity contribution in [1.82, 2.24) is 9.78 Å². The first-order chi connectivity index (χ1) is 8.69. The number of benzene rings is 1. The van der Waals surface area contributed by atoms with Crippen LogP contribution in [-0.4, -0.2) is 15.7 Å². The summed E-state index contributed by atoms with van der Waals surface area (Å²) in [6.07, 6.45) is 3.14. The Morgan fingerprint density at radius 2 is 2.17 bits per heavy atom. The molecule has 0 aliphatic rings. The maximum absolute atomic E-state index is 11.2. The fourth-order valence-electron chi connectivity index (χ4n) is 1.66. The van der Waals surface area contributed by atoms with Crippen molar-refractivity contribution in [1.29, 1.82) is 0 Å². The lowest BCUT2D eigenvalue weighted by atomic mass is 10.2. The van der Waals surface area contributed by atoms with E-state index in [-0.39, 0.29) is 5.91 Å². The molecule has 0 radical (unpaired) electrons. The van der Waals surface area contributed by atoms with Gasteiger partial charge in [0, 0.05) is 11.8 Å². The van der Waals surface area contributed by atoms with Gasteiger partial charge in [-0.2, -0.15) is 5.10 Å². The van der Waals surface area contributed by atoms with E-state index in [9.17, 15) is 4.79 Å². The Bertz CT molecular complexity index is 558. The van der Waals surface area contributed by atoms with Crippen LogP contribution < -0.4 is 5.32 Å². The third-order valence-corrected chi connectivity index (χ3v) is 2.56. The second-order valence-electron chi connectivity index (χ2n) is 4.04. The predicted octanol–water partition coefficient (Wildman–Crippen LogP) is 2.36. The molecule has 92 valence electrons. The molecule has 0 unspecified atom stereocenters. The summed E-state index contributed by atoms with van der Waals surface area (Å²) in [4.78, 5) is 11.2. The van der Waals surface area contributed by atoms with Crippen molar-refractivity contribution in [3.05, 3.63) is 60.3 Å². The molecule has 0 fully saturated rings. The van der Waals surface area contributed by atoms with Gasteiger partial charge in [-0.1, -0.05) is 36.9 Å². The van der Waals surface area contributed by atoms with E-state index in [1.807, 2.05) is 48.1 Å². The lowest BCUT2D eigenvalue weighted by Gasteiger charge is -2.01. The summed E-state index contributed by atoms with van der Waals surface area (Å²) in [5, 5.41) is 7.01. The molecule has 0 saturated heterocycles. The Hall–Kier alpha value is -2.36. The molecule has 1 aromatic carbocycles. The molecule has 0 atom stereocenters. The smallest absolute Gasteiger partial charge is 0.248 e. The van der Waals surface area contributed by atoms with Crippen LogP contribution in [0.15, 0.2) is 49.2 Å². The molecule has 0 bridgehead atoms. The highest BCUT2D eigenvalue weighted by molar-refractivity contribution is 5.98. The number of amides is 1. The number of hydrogen-bond acceptors (Lipinski definition) is 2. The summed E-state index contributed by atoms with van der Waals surface area (Å²) in [5.74, 6) is 0.332. The van der Waals surface area contributed by atoms with Gasteiger partial charge in [-0.25, -0.2) is 0 Å². The Kier molecular flexibility index (Phi) is 3.57. The third-order valence-electron chi connectivity index (χ3n) is 2.56. The summed E-state index contributed by atoms with van der Waals surface area (Å²) < 4.78 is 1.81. The zero-order valence-corrected chi connectivity index (χ0v) is 10.3. The van der Waals surface area contributed by atoms with E-state index in [1.165, 1.54) is 11.6 Å². The summed E-state index contributed by atoms with van der Waals surface area (Å²) in [6, 6.07) is 10.0. The van der Waals surface area contributed by atoms with E-state index in [1.54, 1.807) is 0 Å². The molecule has 4 heteroatoms. The summed E-state index contributed by atoms with van der Waals surface area (Å²) in [6.45, 7) is 6.01. The van der Waals surface area contributed by atoms with E-state index in [2.05, 4.69) is 17.0 Å². The Morgan fingerprint density at radius 1 is 1.44 bits per heavy atom. The van der Waals surface area contributed by atoms with Crippen LogP contribution in [-0.2, 0) is 11.3 Å². The molecule has 1 heterocycles. The topological polar surface area (TPSA) is 46.9 Å². The van der Waals surface area contributed by atoms with Crippen LogP contribution in [0.5, 0.6) is 0 Å². The first kappa shape index (κ1) is 12.1. The maximum atomic E-state index is 11.2. The van der Waals surface area contributed by atoms with Gasteiger partial charge in [0.15, 0.2) is 5.82 Å². The SMILES string of the molecule is C=CC(=O)Nc1nn(Cc2ccccc2)cc1C. The minimum Gasteiger partial charge on any atom is -0.305 e. The number of carbonyl (C=O) groups is 1. The van der Waals surface area contributed by atoms with Crippen molar-refractivity contribution in [2.75, 3.05) is 5.32 Å². The molecule has 1 aromatic heterocycles. The maximum Gasteiger partial charge on any atom is 0.248 e. The van der Waals surface area contributed by atoms with Crippen LogP contribution in [0, 0.1) is 6.92 Å². The highest BCUT2D eigenvalue weighted by atomic mass is 16.1. The fraction of sp³-hybridized carbons (Fsp3) is 0.143. The second kappa shape index (κ2) is 5.31. The molecule has 2 aromatic rings. The van der Waals surface area contributed by atoms with Crippen LogP contribution in [0.4, 0.5) is 5.82 Å². The van der Waals surface area contributed by atoms with Gasteiger partial charge in [0.05, 0.1) is 6.54 Å². The minimum atomic E-state index is -0.247. The Labute approximate surface area is 106 Å². The first-order valence-electron chi connectivity index (χ1n) is 5.70. The predicted molar refractivity (Wildman–Crippen MR) is 71.3 cm³/mol. The van der Waals surface area contributed by atoms with Gasteiger partial charge in [0.1, 0.15) is 0 Å². The van der Waals surface area contributed by atoms with Gasteiger partial charge in [0.25, 0.3) is 0 Å². The molecule has 0 aliphatic carbocycles. The molecular weight excluding hydrogens is 226 g/mol. The van der Waals surface area contributed by atoms with Crippen molar-refractivity contribution < 1.29 is 4.79 Å². The quantitative estimate of drug-likeness (QED) is 0.835. The Morgan fingerprint density at radius 3 is 2.83 bits per heavy atom. The summed E-state index contributed by atoms with van der Waals surface area (Å²) in [5.41, 5.74) is 2.10. The zero-order chi connectivity index (χ0) is 13.0. The van der Waals surface area contributed by atoms with Gasteiger partial charge in [-0.15, -0.1) is 0 Å². The Balaban J connectivity index is 2.14. The number of nitrogens with one attached hydrogen (secondary N) is 1. The second-order valence-corrected chi connectivity index (χ2v) is 4.04. The van der Waals surface area contributed by atoms with Crippen LogP contribution in [0.3, 0.4) is 0 Å². The summed E-state index contributed by atoms with van der Waals surface area (Å²) >= 11 is 0. The minimum absolute atomic E-state index is 0.247. The van der Waals surface area contributed by atoms with Crippen LogP contribution in [0.2, 0.25) is 0 Å². The van der Waals surface area contributed by atoms with E-state index >= 15 is 0 Å². The van der Waals surface area contributed by atoms with Crippen molar-refractivity contribution in [3.8, 4) is 0 Å². The van der Waals surface area contributed by atoms with Crippen LogP contribution in [0.1, 0.15) is 11.1 Å². The highest BCUT2D eigenvalue weighted by Crippen LogP contribution is 2.12. The van der Waals surface area contributed by atoms with E-state index < -0.39 is 0 Å². The molecule has 0 spiro atoms. The molecular formula is C14H15N3O. The van der Waals surface area contributed by atoms with Crippen molar-refractivity contribution >= 4 is 11.7 Å². The lowest BCUT2D eigenvalue weighted by molar-refractivity contribution is -0.111. The van der Waals surface area contributed by atoms with Crippen molar-refractivity contribution in [2.24, 2.45) is 0 Å². The van der Waals surface area contributed by atoms with Crippen molar-refractivity contribution in [3.63, 3.8) is 0 Å². The van der Waals surface area contributed by atoms with E-state index in [0.29, 0.717) is 12.4 Å². The number of hydrogen-bond donors (Lipinski definition) is 1. The van der Waals surface area contributed by atoms with E-state index in [0.717, 1.165) is 5.56 Å². The molecule has 0 aliphatic heterocycles. The monoisotopic (exact) mass is 241 g/mol. The number of aromatic nitrogens is 2. The molecule has 2 rings (SSSR count). The average molecular weight is 241 g/mol. The average Bonchev–Trinajstić information content (AvgIpc) is 2.70. The largest absolute Gasteiger partial charge is 0.305 e. The zero-order valence-electron chi connectivity index (χ0n) is 10.3. The molecule has 1 N–H and O–H groups in total. The highest BCUT2D eigenvalue weighted by Gasteiger charge is 2.07. The number of aryl methyl sites for hydroxylation is 1. The fourth-order valence-corrected chi connectivity index (χ4v) is 1.66. The van der Waals surface area contributed by atoms with Crippen LogP contribution >= 0.6 is 0 Å². The number of carbonyl (C=O) groups excluding carboxylic acids is 1. The normalized spacial score (nSPS) is 10.1. The van der Waals surface area contributed by atoms with Gasteiger partial charge in [-0.3, -0.25) is 9.48 Å². The lowest BCUT2D eigenvalue weighted by Crippen LogP contribution is -2.09. The summed E-state index contributed by atoms with van der Waals surface area (Å²) in [7, 11) is 0. The number of nitrogens with zero attached hydrogens (tertiary/aromatic N) is 2. The van der Waals surface area contributed by atoms with Crippen molar-refractivity contribution in [2.45, 2.75) is 13.5 Å². The standard InChI is InChI=1S/C14H15N3O/c1-3-13(18)15-14-11(2)9-17(16-14)10-12-7-5-4-6-8-12/h3-9H,1,10H2,2H3,(H,15,16,18). The number of rotatable bonds is 4.